The summed E-state index contributed by atoms with van der Waals surface area (Å²) >= 11 is 0. The van der Waals surface area contributed by atoms with E-state index in [1.165, 1.54) is 14.0 Å². The Labute approximate surface area is 120 Å². The Morgan fingerprint density at radius 2 is 1.75 bits per heavy atom. The average Bonchev–Trinajstić information content (AvgIpc) is 2.37. The molecule has 116 valence electrons. The molecule has 0 aromatic rings. The van der Waals surface area contributed by atoms with Crippen LogP contribution in [-0.4, -0.2) is 74.0 Å². The largest absolute Gasteiger partial charge is 0.467 e. The van der Waals surface area contributed by atoms with E-state index >= 15 is 0 Å². The maximum Gasteiger partial charge on any atom is 0.329 e. The molecule has 0 aliphatic heterocycles. The molecule has 0 aromatic carbocycles. The van der Waals surface area contributed by atoms with Crippen LogP contribution in [0.15, 0.2) is 0 Å². The second-order valence-corrected chi connectivity index (χ2v) is 4.54. The van der Waals surface area contributed by atoms with Crippen molar-refractivity contribution in [3.63, 3.8) is 0 Å². The highest BCUT2D eigenvalue weighted by molar-refractivity contribution is 5.83. The first-order valence-electron chi connectivity index (χ1n) is 6.66. The van der Waals surface area contributed by atoms with E-state index in [1.54, 1.807) is 16.8 Å². The monoisotopic (exact) mass is 287 g/mol. The summed E-state index contributed by atoms with van der Waals surface area (Å²) in [5.41, 5.74) is 0. The maximum atomic E-state index is 11.9. The zero-order chi connectivity index (χ0) is 15.7. The second kappa shape index (κ2) is 9.30. The number of rotatable bonds is 8. The summed E-state index contributed by atoms with van der Waals surface area (Å²) in [5.74, 6) is -0.852. The van der Waals surface area contributed by atoms with E-state index in [-0.39, 0.29) is 24.9 Å². The molecule has 0 spiro atoms. The molecule has 0 saturated heterocycles. The van der Waals surface area contributed by atoms with Gasteiger partial charge in [-0.3, -0.25) is 14.5 Å². The molecule has 7 nitrogen and oxygen atoms in total. The second-order valence-electron chi connectivity index (χ2n) is 4.54. The molecule has 0 heterocycles. The highest BCUT2D eigenvalue weighted by Crippen LogP contribution is 1.96. The first kappa shape index (κ1) is 18.4. The fourth-order valence-electron chi connectivity index (χ4n) is 1.85. The molecule has 0 saturated carbocycles. The summed E-state index contributed by atoms with van der Waals surface area (Å²) in [6.45, 7) is 6.86. The van der Waals surface area contributed by atoms with Crippen molar-refractivity contribution in [2.75, 3.05) is 40.3 Å². The molecule has 1 N–H and O–H groups in total. The first-order chi connectivity index (χ1) is 9.35. The third kappa shape index (κ3) is 6.51. The lowest BCUT2D eigenvalue weighted by molar-refractivity contribution is -0.145. The van der Waals surface area contributed by atoms with E-state index in [0.717, 1.165) is 0 Å². The van der Waals surface area contributed by atoms with Gasteiger partial charge in [0.2, 0.25) is 11.8 Å². The Balaban J connectivity index is 4.52. The normalized spacial score (nSPS) is 11.9. The van der Waals surface area contributed by atoms with Crippen molar-refractivity contribution in [1.29, 1.82) is 0 Å². The number of amides is 2. The van der Waals surface area contributed by atoms with Crippen LogP contribution in [0.2, 0.25) is 0 Å². The van der Waals surface area contributed by atoms with Crippen LogP contribution in [-0.2, 0) is 19.1 Å². The quantitative estimate of drug-likeness (QED) is 0.607. The molecule has 1 unspecified atom stereocenters. The third-order valence-corrected chi connectivity index (χ3v) is 2.88. The van der Waals surface area contributed by atoms with Crippen molar-refractivity contribution in [2.45, 2.75) is 26.8 Å². The Kier molecular flexibility index (Phi) is 8.54. The van der Waals surface area contributed by atoms with Gasteiger partial charge in [-0.1, -0.05) is 0 Å². The van der Waals surface area contributed by atoms with E-state index in [1.807, 2.05) is 13.8 Å². The lowest BCUT2D eigenvalue weighted by Gasteiger charge is -2.25. The standard InChI is InChI=1S/C13H25N3O4/c1-6-16(7-2)12(18)9-15(4)8-11(13(19)20-5)14-10(3)17/h11H,6-9H2,1-5H3,(H,14,17). The summed E-state index contributed by atoms with van der Waals surface area (Å²) in [6.07, 6.45) is 0. The molecule has 0 rings (SSSR count). The van der Waals surface area contributed by atoms with Gasteiger partial charge in [-0.15, -0.1) is 0 Å². The van der Waals surface area contributed by atoms with Gasteiger partial charge in [-0.2, -0.15) is 0 Å². The van der Waals surface area contributed by atoms with Gasteiger partial charge in [0.1, 0.15) is 6.04 Å². The predicted molar refractivity (Wildman–Crippen MR) is 75.0 cm³/mol. The van der Waals surface area contributed by atoms with Gasteiger partial charge >= 0.3 is 5.97 Å². The van der Waals surface area contributed by atoms with Crippen LogP contribution in [0.3, 0.4) is 0 Å². The van der Waals surface area contributed by atoms with Crippen LogP contribution in [0.25, 0.3) is 0 Å². The number of ether oxygens (including phenoxy) is 1. The fourth-order valence-corrected chi connectivity index (χ4v) is 1.85. The third-order valence-electron chi connectivity index (χ3n) is 2.88. The molecule has 1 atom stereocenters. The average molecular weight is 287 g/mol. The van der Waals surface area contributed by atoms with Crippen LogP contribution in [0.4, 0.5) is 0 Å². The molecule has 0 aliphatic rings. The Morgan fingerprint density at radius 1 is 1.20 bits per heavy atom. The van der Waals surface area contributed by atoms with E-state index < -0.39 is 12.0 Å². The van der Waals surface area contributed by atoms with Crippen LogP contribution >= 0.6 is 0 Å². The molecule has 2 amide bonds. The van der Waals surface area contributed by atoms with Gasteiger partial charge in [-0.25, -0.2) is 4.79 Å². The van der Waals surface area contributed by atoms with Crippen LogP contribution < -0.4 is 5.32 Å². The molecule has 20 heavy (non-hydrogen) atoms. The van der Waals surface area contributed by atoms with Crippen molar-refractivity contribution in [2.24, 2.45) is 0 Å². The number of carbonyl (C=O) groups excluding carboxylic acids is 3. The molecular formula is C13H25N3O4. The fraction of sp³-hybridized carbons (Fsp3) is 0.769. The minimum absolute atomic E-state index is 0.0102. The SMILES string of the molecule is CCN(CC)C(=O)CN(C)CC(NC(C)=O)C(=O)OC. The molecule has 0 fully saturated rings. The van der Waals surface area contributed by atoms with Crippen LogP contribution in [0.1, 0.15) is 20.8 Å². The number of carbonyl (C=O) groups is 3. The highest BCUT2D eigenvalue weighted by atomic mass is 16.5. The van der Waals surface area contributed by atoms with Gasteiger partial charge in [-0.05, 0) is 20.9 Å². The number of likely N-dealkylation sites (N-methyl/N-ethyl adjacent to an activating group) is 2. The zero-order valence-electron chi connectivity index (χ0n) is 12.9. The summed E-state index contributed by atoms with van der Waals surface area (Å²) in [5, 5.41) is 2.51. The van der Waals surface area contributed by atoms with Gasteiger partial charge in [0.25, 0.3) is 0 Å². The summed E-state index contributed by atoms with van der Waals surface area (Å²) in [4.78, 5) is 38.0. The number of hydrogen-bond donors (Lipinski definition) is 1. The molecule has 7 heteroatoms. The number of nitrogens with zero attached hydrogens (tertiary/aromatic N) is 2. The molecule has 0 radical (unpaired) electrons. The van der Waals surface area contributed by atoms with E-state index in [4.69, 9.17) is 0 Å². The number of nitrogens with one attached hydrogen (secondary N) is 1. The Hall–Kier alpha value is -1.63. The van der Waals surface area contributed by atoms with Crippen LogP contribution in [0, 0.1) is 0 Å². The topological polar surface area (TPSA) is 79.0 Å². The molecule has 0 aliphatic carbocycles. The lowest BCUT2D eigenvalue weighted by atomic mass is 10.2. The van der Waals surface area contributed by atoms with Crippen molar-refractivity contribution in [1.82, 2.24) is 15.1 Å². The van der Waals surface area contributed by atoms with E-state index in [9.17, 15) is 14.4 Å². The minimum atomic E-state index is -0.771. The minimum Gasteiger partial charge on any atom is -0.467 e. The summed E-state index contributed by atoms with van der Waals surface area (Å²) in [6, 6.07) is -0.771. The highest BCUT2D eigenvalue weighted by Gasteiger charge is 2.23. The van der Waals surface area contributed by atoms with E-state index in [2.05, 4.69) is 10.1 Å². The Morgan fingerprint density at radius 3 is 2.15 bits per heavy atom. The zero-order valence-corrected chi connectivity index (χ0v) is 12.9. The lowest BCUT2D eigenvalue weighted by Crippen LogP contribution is -2.49. The first-order valence-corrected chi connectivity index (χ1v) is 6.66. The summed E-state index contributed by atoms with van der Waals surface area (Å²) < 4.78 is 4.63. The molecule has 0 bridgehead atoms. The van der Waals surface area contributed by atoms with Gasteiger partial charge in [0.05, 0.1) is 13.7 Å². The number of esters is 1. The number of hydrogen-bond acceptors (Lipinski definition) is 5. The van der Waals surface area contributed by atoms with Crippen molar-refractivity contribution >= 4 is 17.8 Å². The van der Waals surface area contributed by atoms with Crippen molar-refractivity contribution in [3.05, 3.63) is 0 Å². The van der Waals surface area contributed by atoms with Gasteiger partial charge < -0.3 is 15.0 Å². The Bertz CT molecular complexity index is 343. The molecule has 0 aromatic heterocycles. The predicted octanol–water partition coefficient (Wildman–Crippen LogP) is -0.536. The maximum absolute atomic E-state index is 11.9. The molecular weight excluding hydrogens is 262 g/mol. The van der Waals surface area contributed by atoms with Gasteiger partial charge in [0, 0.05) is 26.6 Å². The van der Waals surface area contributed by atoms with Crippen molar-refractivity contribution < 1.29 is 19.1 Å². The van der Waals surface area contributed by atoms with Crippen LogP contribution in [0.5, 0.6) is 0 Å². The van der Waals surface area contributed by atoms with Gasteiger partial charge in [0.15, 0.2) is 0 Å². The smallest absolute Gasteiger partial charge is 0.329 e. The van der Waals surface area contributed by atoms with Crippen molar-refractivity contribution in [3.8, 4) is 0 Å². The number of methoxy groups -OCH3 is 1. The van der Waals surface area contributed by atoms with E-state index in [0.29, 0.717) is 13.1 Å². The summed E-state index contributed by atoms with van der Waals surface area (Å²) in [7, 11) is 2.98.